The molecule has 0 unspecified atom stereocenters. The van der Waals surface area contributed by atoms with Crippen molar-refractivity contribution < 1.29 is 19.1 Å². The first-order chi connectivity index (χ1) is 10.6. The van der Waals surface area contributed by atoms with Crippen LogP contribution in [0, 0.1) is 5.92 Å². The topological polar surface area (TPSA) is 55.8 Å². The zero-order valence-corrected chi connectivity index (χ0v) is 13.3. The minimum absolute atomic E-state index is 0.0596. The fraction of sp³-hybridized carbons (Fsp3) is 0.500. The minimum Gasteiger partial charge on any atom is -0.484 e. The van der Waals surface area contributed by atoms with Crippen LogP contribution in [-0.4, -0.2) is 43.1 Å². The van der Waals surface area contributed by atoms with Gasteiger partial charge in [0.05, 0.1) is 12.5 Å². The molecular weight excluding hydrogens is 306 g/mol. The lowest BCUT2D eigenvalue weighted by Crippen LogP contribution is -2.44. The van der Waals surface area contributed by atoms with Crippen molar-refractivity contribution >= 4 is 23.5 Å². The molecule has 0 saturated carbocycles. The van der Waals surface area contributed by atoms with Crippen LogP contribution in [0.2, 0.25) is 5.02 Å². The lowest BCUT2D eigenvalue weighted by molar-refractivity contribution is -0.151. The maximum atomic E-state index is 12.2. The summed E-state index contributed by atoms with van der Waals surface area (Å²) >= 11 is 5.87. The van der Waals surface area contributed by atoms with Gasteiger partial charge in [-0.05, 0) is 38.0 Å². The van der Waals surface area contributed by atoms with E-state index in [1.807, 2.05) is 0 Å². The van der Waals surface area contributed by atoms with Crippen molar-refractivity contribution in [1.82, 2.24) is 4.90 Å². The predicted octanol–water partition coefficient (Wildman–Crippen LogP) is 2.52. The molecule has 0 N–H and O–H groups in total. The molecule has 0 aliphatic carbocycles. The second-order valence-corrected chi connectivity index (χ2v) is 5.61. The van der Waals surface area contributed by atoms with E-state index in [0.717, 1.165) is 12.8 Å². The average Bonchev–Trinajstić information content (AvgIpc) is 2.53. The summed E-state index contributed by atoms with van der Waals surface area (Å²) in [5.41, 5.74) is 0. The molecule has 0 radical (unpaired) electrons. The SMILES string of the molecule is CCOC(=O)[C@H]1CCCN(C(=O)COc2cccc(Cl)c2)C1. The molecule has 1 aliphatic heterocycles. The summed E-state index contributed by atoms with van der Waals surface area (Å²) in [7, 11) is 0. The third-order valence-electron chi connectivity index (χ3n) is 3.55. The van der Waals surface area contributed by atoms with Gasteiger partial charge in [0, 0.05) is 18.1 Å². The van der Waals surface area contributed by atoms with Gasteiger partial charge in [0.1, 0.15) is 5.75 Å². The maximum Gasteiger partial charge on any atom is 0.310 e. The summed E-state index contributed by atoms with van der Waals surface area (Å²) in [6.07, 6.45) is 1.56. The van der Waals surface area contributed by atoms with E-state index in [0.29, 0.717) is 30.5 Å². The highest BCUT2D eigenvalue weighted by Gasteiger charge is 2.29. The molecule has 1 aromatic carbocycles. The van der Waals surface area contributed by atoms with E-state index in [1.54, 1.807) is 36.1 Å². The number of carbonyl (C=O) groups excluding carboxylic acids is 2. The minimum atomic E-state index is -0.233. The Hall–Kier alpha value is -1.75. The molecule has 5 nitrogen and oxygen atoms in total. The number of piperidine rings is 1. The average molecular weight is 326 g/mol. The van der Waals surface area contributed by atoms with E-state index < -0.39 is 0 Å². The molecule has 0 aromatic heterocycles. The molecule has 120 valence electrons. The van der Waals surface area contributed by atoms with Crippen molar-refractivity contribution in [3.63, 3.8) is 0 Å². The van der Waals surface area contributed by atoms with E-state index >= 15 is 0 Å². The van der Waals surface area contributed by atoms with Gasteiger partial charge in [0.2, 0.25) is 0 Å². The Balaban J connectivity index is 1.85. The highest BCUT2D eigenvalue weighted by atomic mass is 35.5. The van der Waals surface area contributed by atoms with Crippen LogP contribution in [0.5, 0.6) is 5.75 Å². The van der Waals surface area contributed by atoms with Gasteiger partial charge in [-0.3, -0.25) is 9.59 Å². The van der Waals surface area contributed by atoms with Crippen LogP contribution in [0.1, 0.15) is 19.8 Å². The third kappa shape index (κ3) is 4.63. The summed E-state index contributed by atoms with van der Waals surface area (Å²) in [6.45, 7) is 3.13. The number of halogens is 1. The molecule has 22 heavy (non-hydrogen) atoms. The van der Waals surface area contributed by atoms with Crippen molar-refractivity contribution in [2.75, 3.05) is 26.3 Å². The number of rotatable bonds is 5. The lowest BCUT2D eigenvalue weighted by Gasteiger charge is -2.31. The van der Waals surface area contributed by atoms with Crippen molar-refractivity contribution in [3.05, 3.63) is 29.3 Å². The number of carbonyl (C=O) groups is 2. The molecule has 1 fully saturated rings. The number of hydrogen-bond acceptors (Lipinski definition) is 4. The van der Waals surface area contributed by atoms with E-state index in [4.69, 9.17) is 21.1 Å². The van der Waals surface area contributed by atoms with Crippen LogP contribution in [0.4, 0.5) is 0 Å². The Morgan fingerprint density at radius 2 is 2.23 bits per heavy atom. The van der Waals surface area contributed by atoms with Gasteiger partial charge in [-0.15, -0.1) is 0 Å². The van der Waals surface area contributed by atoms with Crippen LogP contribution in [0.25, 0.3) is 0 Å². The molecule has 1 aliphatic rings. The van der Waals surface area contributed by atoms with Crippen LogP contribution >= 0.6 is 11.6 Å². The fourth-order valence-corrected chi connectivity index (χ4v) is 2.63. The zero-order chi connectivity index (χ0) is 15.9. The molecule has 1 aromatic rings. The monoisotopic (exact) mass is 325 g/mol. The van der Waals surface area contributed by atoms with Crippen molar-refractivity contribution in [3.8, 4) is 5.75 Å². The van der Waals surface area contributed by atoms with Gasteiger partial charge >= 0.3 is 5.97 Å². The number of ether oxygens (including phenoxy) is 2. The summed E-state index contributed by atoms with van der Waals surface area (Å²) in [5, 5.41) is 0.560. The van der Waals surface area contributed by atoms with Crippen molar-refractivity contribution in [2.45, 2.75) is 19.8 Å². The molecule has 1 amide bonds. The van der Waals surface area contributed by atoms with Gasteiger partial charge in [-0.25, -0.2) is 0 Å². The summed E-state index contributed by atoms with van der Waals surface area (Å²) in [6, 6.07) is 6.91. The smallest absolute Gasteiger partial charge is 0.310 e. The Bertz CT molecular complexity index is 535. The van der Waals surface area contributed by atoms with Gasteiger partial charge in [0.25, 0.3) is 5.91 Å². The highest BCUT2D eigenvalue weighted by molar-refractivity contribution is 6.30. The quantitative estimate of drug-likeness (QED) is 0.781. The summed E-state index contributed by atoms with van der Waals surface area (Å²) < 4.78 is 10.5. The summed E-state index contributed by atoms with van der Waals surface area (Å²) in [5.74, 6) is -0.0339. The highest BCUT2D eigenvalue weighted by Crippen LogP contribution is 2.19. The number of hydrogen-bond donors (Lipinski definition) is 0. The molecule has 0 spiro atoms. The molecular formula is C16H20ClNO4. The molecule has 1 saturated heterocycles. The van der Waals surface area contributed by atoms with E-state index in [-0.39, 0.29) is 24.4 Å². The molecule has 1 heterocycles. The van der Waals surface area contributed by atoms with Gasteiger partial charge < -0.3 is 14.4 Å². The number of likely N-dealkylation sites (tertiary alicyclic amines) is 1. The van der Waals surface area contributed by atoms with Crippen molar-refractivity contribution in [2.24, 2.45) is 5.92 Å². The molecule has 0 bridgehead atoms. The largest absolute Gasteiger partial charge is 0.484 e. The number of benzene rings is 1. The van der Waals surface area contributed by atoms with Crippen molar-refractivity contribution in [1.29, 1.82) is 0 Å². The van der Waals surface area contributed by atoms with Gasteiger partial charge in [0.15, 0.2) is 6.61 Å². The van der Waals surface area contributed by atoms with Crippen LogP contribution in [-0.2, 0) is 14.3 Å². The fourth-order valence-electron chi connectivity index (χ4n) is 2.45. The molecule has 2 rings (SSSR count). The van der Waals surface area contributed by atoms with Gasteiger partial charge in [-0.2, -0.15) is 0 Å². The predicted molar refractivity (Wildman–Crippen MR) is 82.9 cm³/mol. The first-order valence-corrected chi connectivity index (χ1v) is 7.80. The first-order valence-electron chi connectivity index (χ1n) is 7.43. The first kappa shape index (κ1) is 16.6. The number of esters is 1. The van der Waals surface area contributed by atoms with Crippen LogP contribution in [0.15, 0.2) is 24.3 Å². The van der Waals surface area contributed by atoms with Gasteiger partial charge in [-0.1, -0.05) is 17.7 Å². The van der Waals surface area contributed by atoms with Crippen LogP contribution in [0.3, 0.4) is 0 Å². The van der Waals surface area contributed by atoms with Crippen LogP contribution < -0.4 is 4.74 Å². The maximum absolute atomic E-state index is 12.2. The lowest BCUT2D eigenvalue weighted by atomic mass is 9.98. The molecule has 6 heteroatoms. The number of amides is 1. The Labute approximate surface area is 135 Å². The second-order valence-electron chi connectivity index (χ2n) is 5.18. The third-order valence-corrected chi connectivity index (χ3v) is 3.79. The Morgan fingerprint density at radius 1 is 1.41 bits per heavy atom. The summed E-state index contributed by atoms with van der Waals surface area (Å²) in [4.78, 5) is 25.6. The normalized spacial score (nSPS) is 17.9. The second kappa shape index (κ2) is 8.03. The standard InChI is InChI=1S/C16H20ClNO4/c1-2-21-16(20)12-5-4-8-18(10-12)15(19)11-22-14-7-3-6-13(17)9-14/h3,6-7,9,12H,2,4-5,8,10-11H2,1H3/t12-/m0/s1. The Morgan fingerprint density at radius 3 is 2.95 bits per heavy atom. The number of nitrogens with zero attached hydrogens (tertiary/aromatic N) is 1. The zero-order valence-electron chi connectivity index (χ0n) is 12.6. The van der Waals surface area contributed by atoms with E-state index in [1.165, 1.54) is 0 Å². The van der Waals surface area contributed by atoms with E-state index in [2.05, 4.69) is 0 Å². The Kier molecular flexibility index (Phi) is 6.07. The van der Waals surface area contributed by atoms with E-state index in [9.17, 15) is 9.59 Å². The molecule has 1 atom stereocenters.